The molecule has 9 heteroatoms. The minimum Gasteiger partial charge on any atom is -0.474 e. The average molecular weight is 435 g/mol. The number of aldehydes is 1. The number of benzene rings is 1. The zero-order valence-electron chi connectivity index (χ0n) is 16.4. The first kappa shape index (κ1) is 20.1. The predicted octanol–water partition coefficient (Wildman–Crippen LogP) is 3.66. The standard InChI is InChI=1S/C20H23ClN4O3S/c1-13-11-24(20-22-17-4-3-15(21)9-18(17)29-20)12-14(2)25(13)6-8-27-19-10-16(5-7-26)28-23-19/h3-4,7,9-10,13-14H,5-6,8,11-12H2,1-2H3/t13-,14+. The first-order chi connectivity index (χ1) is 14.0. The molecule has 1 fully saturated rings. The maximum absolute atomic E-state index is 10.5. The van der Waals surface area contributed by atoms with Crippen molar-refractivity contribution in [3.63, 3.8) is 0 Å². The van der Waals surface area contributed by atoms with Gasteiger partial charge in [0.25, 0.3) is 5.88 Å². The van der Waals surface area contributed by atoms with Gasteiger partial charge in [-0.05, 0) is 37.2 Å². The quantitative estimate of drug-likeness (QED) is 0.525. The van der Waals surface area contributed by atoms with Crippen molar-refractivity contribution >= 4 is 44.6 Å². The lowest BCUT2D eigenvalue weighted by Crippen LogP contribution is -2.57. The molecule has 29 heavy (non-hydrogen) atoms. The summed E-state index contributed by atoms with van der Waals surface area (Å²) >= 11 is 7.80. The Hall–Kier alpha value is -2.16. The van der Waals surface area contributed by atoms with E-state index in [0.29, 0.717) is 30.3 Å². The number of thiazole rings is 1. The lowest BCUT2D eigenvalue weighted by Gasteiger charge is -2.44. The van der Waals surface area contributed by atoms with Gasteiger partial charge in [0.1, 0.15) is 18.7 Å². The first-order valence-electron chi connectivity index (χ1n) is 9.62. The van der Waals surface area contributed by atoms with Crippen molar-refractivity contribution in [3.05, 3.63) is 35.0 Å². The fourth-order valence-corrected chi connectivity index (χ4v) is 5.03. The molecule has 1 saturated heterocycles. The van der Waals surface area contributed by atoms with Gasteiger partial charge in [-0.25, -0.2) is 4.98 Å². The molecule has 0 unspecified atom stereocenters. The molecule has 154 valence electrons. The van der Waals surface area contributed by atoms with E-state index >= 15 is 0 Å². The molecule has 1 aromatic carbocycles. The van der Waals surface area contributed by atoms with Gasteiger partial charge in [0.05, 0.1) is 16.6 Å². The normalized spacial score (nSPS) is 20.3. The Balaban J connectivity index is 1.34. The monoisotopic (exact) mass is 434 g/mol. The summed E-state index contributed by atoms with van der Waals surface area (Å²) in [5.41, 5.74) is 0.993. The van der Waals surface area contributed by atoms with E-state index in [0.717, 1.165) is 46.3 Å². The lowest BCUT2D eigenvalue weighted by atomic mass is 10.1. The van der Waals surface area contributed by atoms with Crippen LogP contribution in [-0.4, -0.2) is 59.7 Å². The molecule has 0 radical (unpaired) electrons. The van der Waals surface area contributed by atoms with E-state index in [4.69, 9.17) is 25.8 Å². The van der Waals surface area contributed by atoms with Crippen LogP contribution >= 0.6 is 22.9 Å². The highest BCUT2D eigenvalue weighted by molar-refractivity contribution is 7.22. The van der Waals surface area contributed by atoms with Crippen LogP contribution in [0.4, 0.5) is 5.13 Å². The number of hydrogen-bond donors (Lipinski definition) is 0. The molecule has 3 aromatic rings. The molecule has 1 aliphatic heterocycles. The molecule has 0 bridgehead atoms. The summed E-state index contributed by atoms with van der Waals surface area (Å²) in [5, 5.41) is 5.62. The third-order valence-corrected chi connectivity index (χ3v) is 6.45. The molecule has 0 saturated carbocycles. The van der Waals surface area contributed by atoms with Gasteiger partial charge in [-0.2, -0.15) is 0 Å². The summed E-state index contributed by atoms with van der Waals surface area (Å²) in [6.45, 7) is 7.58. The number of piperazine rings is 1. The van der Waals surface area contributed by atoms with Gasteiger partial charge in [0.15, 0.2) is 5.13 Å². The largest absolute Gasteiger partial charge is 0.474 e. The Kier molecular flexibility index (Phi) is 6.03. The first-order valence-corrected chi connectivity index (χ1v) is 10.8. The number of nitrogens with zero attached hydrogens (tertiary/aromatic N) is 4. The molecule has 0 amide bonds. The van der Waals surface area contributed by atoms with Crippen molar-refractivity contribution in [2.75, 3.05) is 31.1 Å². The van der Waals surface area contributed by atoms with Gasteiger partial charge in [-0.15, -0.1) is 0 Å². The molecule has 4 rings (SSSR count). The highest BCUT2D eigenvalue weighted by atomic mass is 35.5. The number of aromatic nitrogens is 2. The van der Waals surface area contributed by atoms with Crippen molar-refractivity contribution in [3.8, 4) is 5.88 Å². The van der Waals surface area contributed by atoms with Crippen molar-refractivity contribution in [1.29, 1.82) is 0 Å². The number of fused-ring (bicyclic) bond motifs is 1. The maximum Gasteiger partial charge on any atom is 0.254 e. The molecular weight excluding hydrogens is 412 g/mol. The smallest absolute Gasteiger partial charge is 0.254 e. The van der Waals surface area contributed by atoms with Crippen LogP contribution < -0.4 is 9.64 Å². The van der Waals surface area contributed by atoms with Gasteiger partial charge in [-0.1, -0.05) is 22.9 Å². The van der Waals surface area contributed by atoms with Crippen LogP contribution in [0.15, 0.2) is 28.8 Å². The van der Waals surface area contributed by atoms with Crippen molar-refractivity contribution in [1.82, 2.24) is 15.0 Å². The Morgan fingerprint density at radius 2 is 2.10 bits per heavy atom. The number of halogens is 1. The van der Waals surface area contributed by atoms with E-state index in [1.165, 1.54) is 0 Å². The van der Waals surface area contributed by atoms with Crippen LogP contribution in [0.5, 0.6) is 5.88 Å². The summed E-state index contributed by atoms with van der Waals surface area (Å²) < 4.78 is 11.9. The topological polar surface area (TPSA) is 71.7 Å². The Morgan fingerprint density at radius 3 is 2.86 bits per heavy atom. The van der Waals surface area contributed by atoms with Crippen LogP contribution in [0.3, 0.4) is 0 Å². The Labute approximate surface area is 178 Å². The molecule has 1 aliphatic rings. The molecule has 0 N–H and O–H groups in total. The molecular formula is C20H23ClN4O3S. The van der Waals surface area contributed by atoms with Crippen molar-refractivity contribution < 1.29 is 14.1 Å². The van der Waals surface area contributed by atoms with Gasteiger partial charge in [0, 0.05) is 42.8 Å². The van der Waals surface area contributed by atoms with Crippen LogP contribution in [0, 0.1) is 0 Å². The van der Waals surface area contributed by atoms with E-state index in [-0.39, 0.29) is 6.42 Å². The van der Waals surface area contributed by atoms with Gasteiger partial charge >= 0.3 is 0 Å². The Bertz CT molecular complexity index is 979. The fraction of sp³-hybridized carbons (Fsp3) is 0.450. The Morgan fingerprint density at radius 1 is 1.31 bits per heavy atom. The number of ether oxygens (including phenoxy) is 1. The van der Waals surface area contributed by atoms with Crippen LogP contribution in [0.25, 0.3) is 10.2 Å². The predicted molar refractivity (Wildman–Crippen MR) is 114 cm³/mol. The van der Waals surface area contributed by atoms with E-state index in [2.05, 4.69) is 28.8 Å². The van der Waals surface area contributed by atoms with Gasteiger partial charge in [-0.3, -0.25) is 4.90 Å². The van der Waals surface area contributed by atoms with Gasteiger partial charge in [0.2, 0.25) is 0 Å². The van der Waals surface area contributed by atoms with E-state index in [1.54, 1.807) is 17.4 Å². The highest BCUT2D eigenvalue weighted by Gasteiger charge is 2.30. The van der Waals surface area contributed by atoms with Crippen LogP contribution in [0.1, 0.15) is 19.6 Å². The van der Waals surface area contributed by atoms with Gasteiger partial charge < -0.3 is 19.0 Å². The highest BCUT2D eigenvalue weighted by Crippen LogP contribution is 2.32. The molecule has 7 nitrogen and oxygen atoms in total. The number of carbonyl (C=O) groups excluding carboxylic acids is 1. The number of carbonyl (C=O) groups is 1. The lowest BCUT2D eigenvalue weighted by molar-refractivity contribution is -0.107. The molecule has 2 aromatic heterocycles. The maximum atomic E-state index is 10.5. The van der Waals surface area contributed by atoms with Crippen molar-refractivity contribution in [2.24, 2.45) is 0 Å². The second-order valence-electron chi connectivity index (χ2n) is 7.30. The number of anilines is 1. The fourth-order valence-electron chi connectivity index (χ4n) is 3.77. The summed E-state index contributed by atoms with van der Waals surface area (Å²) in [6, 6.07) is 8.22. The molecule has 0 spiro atoms. The van der Waals surface area contributed by atoms with Crippen LogP contribution in [-0.2, 0) is 11.2 Å². The summed E-state index contributed by atoms with van der Waals surface area (Å²) in [6.07, 6.45) is 0.998. The summed E-state index contributed by atoms with van der Waals surface area (Å²) in [7, 11) is 0. The number of hydrogen-bond acceptors (Lipinski definition) is 8. The SMILES string of the molecule is C[C@@H]1CN(c2nc3ccc(Cl)cc3s2)C[C@H](C)N1CCOc1cc(CC=O)on1. The molecule has 3 heterocycles. The third-order valence-electron chi connectivity index (χ3n) is 5.13. The summed E-state index contributed by atoms with van der Waals surface area (Å²) in [5.74, 6) is 0.941. The zero-order valence-corrected chi connectivity index (χ0v) is 17.9. The third kappa shape index (κ3) is 4.55. The van der Waals surface area contributed by atoms with E-state index in [9.17, 15) is 4.79 Å². The van der Waals surface area contributed by atoms with Crippen molar-refractivity contribution in [2.45, 2.75) is 32.4 Å². The zero-order chi connectivity index (χ0) is 20.4. The molecule has 0 aliphatic carbocycles. The minimum absolute atomic E-state index is 0.213. The summed E-state index contributed by atoms with van der Waals surface area (Å²) in [4.78, 5) is 20.1. The van der Waals surface area contributed by atoms with E-state index in [1.807, 2.05) is 18.2 Å². The molecule has 2 atom stereocenters. The van der Waals surface area contributed by atoms with Crippen LogP contribution in [0.2, 0.25) is 5.02 Å². The van der Waals surface area contributed by atoms with E-state index < -0.39 is 0 Å². The second kappa shape index (κ2) is 8.69. The minimum atomic E-state index is 0.213. The number of rotatable bonds is 7. The second-order valence-corrected chi connectivity index (χ2v) is 8.75. The average Bonchev–Trinajstić information content (AvgIpc) is 3.30.